The Morgan fingerprint density at radius 1 is 1.04 bits per heavy atom. The molecule has 2 rings (SSSR count). The van der Waals surface area contributed by atoms with Crippen LogP contribution in [-0.4, -0.2) is 85.8 Å². The van der Waals surface area contributed by atoms with Crippen LogP contribution in [0.2, 0.25) is 0 Å². The Labute approximate surface area is 148 Å². The summed E-state index contributed by atoms with van der Waals surface area (Å²) in [6.07, 6.45) is -0.198. The van der Waals surface area contributed by atoms with Crippen molar-refractivity contribution >= 4 is 6.03 Å². The standard InChI is InChI=1S/C17H31F3N4O/c1-15-4-10-22(11-5-15)7-2-6-21-16(25)24-9-3-8-23(12-13-24)14-17(18,19)20/h15H,2-14H2,1H3,(H,21,25). The Morgan fingerprint density at radius 2 is 1.76 bits per heavy atom. The van der Waals surface area contributed by atoms with E-state index in [0.717, 1.165) is 32.0 Å². The van der Waals surface area contributed by atoms with Crippen LogP contribution in [0.5, 0.6) is 0 Å². The van der Waals surface area contributed by atoms with E-state index in [1.165, 1.54) is 17.7 Å². The molecule has 0 unspecified atom stereocenters. The van der Waals surface area contributed by atoms with Crippen molar-refractivity contribution < 1.29 is 18.0 Å². The molecule has 2 saturated heterocycles. The molecule has 0 aliphatic carbocycles. The number of carbonyl (C=O) groups excluding carboxylic acids is 1. The summed E-state index contributed by atoms with van der Waals surface area (Å²) in [6, 6.07) is -0.152. The van der Waals surface area contributed by atoms with Crippen LogP contribution in [0.15, 0.2) is 0 Å². The monoisotopic (exact) mass is 364 g/mol. The van der Waals surface area contributed by atoms with Crippen molar-refractivity contribution in [3.8, 4) is 0 Å². The summed E-state index contributed by atoms with van der Waals surface area (Å²) in [5.41, 5.74) is 0. The van der Waals surface area contributed by atoms with Gasteiger partial charge < -0.3 is 15.1 Å². The minimum absolute atomic E-state index is 0.152. The molecule has 0 bridgehead atoms. The number of carbonyl (C=O) groups is 1. The van der Waals surface area contributed by atoms with E-state index in [1.54, 1.807) is 4.90 Å². The molecule has 0 aromatic carbocycles. The zero-order valence-corrected chi connectivity index (χ0v) is 15.2. The lowest BCUT2D eigenvalue weighted by Gasteiger charge is -2.30. The average molecular weight is 364 g/mol. The molecule has 0 aromatic heterocycles. The molecule has 2 amide bonds. The third-order valence-electron chi connectivity index (χ3n) is 5.08. The van der Waals surface area contributed by atoms with Gasteiger partial charge in [-0.25, -0.2) is 4.79 Å². The predicted molar refractivity (Wildman–Crippen MR) is 91.5 cm³/mol. The molecule has 0 atom stereocenters. The Kier molecular flexibility index (Phi) is 7.81. The SMILES string of the molecule is CC1CCN(CCCNC(=O)N2CCCN(CC(F)(F)F)CC2)CC1. The fourth-order valence-corrected chi connectivity index (χ4v) is 3.48. The van der Waals surface area contributed by atoms with E-state index < -0.39 is 12.7 Å². The smallest absolute Gasteiger partial charge is 0.338 e. The third kappa shape index (κ3) is 7.81. The summed E-state index contributed by atoms with van der Waals surface area (Å²) in [7, 11) is 0. The molecule has 2 aliphatic heterocycles. The third-order valence-corrected chi connectivity index (χ3v) is 5.08. The van der Waals surface area contributed by atoms with Crippen molar-refractivity contribution in [2.45, 2.75) is 38.8 Å². The van der Waals surface area contributed by atoms with E-state index in [2.05, 4.69) is 17.1 Å². The molecule has 2 fully saturated rings. The minimum atomic E-state index is -4.18. The number of urea groups is 1. The number of nitrogens with one attached hydrogen (secondary N) is 1. The number of hydrogen-bond donors (Lipinski definition) is 1. The summed E-state index contributed by atoms with van der Waals surface area (Å²) in [4.78, 5) is 17.7. The lowest BCUT2D eigenvalue weighted by Crippen LogP contribution is -2.43. The van der Waals surface area contributed by atoms with E-state index >= 15 is 0 Å². The average Bonchev–Trinajstić information content (AvgIpc) is 2.77. The van der Waals surface area contributed by atoms with Gasteiger partial charge in [0, 0.05) is 32.7 Å². The Balaban J connectivity index is 1.60. The van der Waals surface area contributed by atoms with Gasteiger partial charge in [-0.3, -0.25) is 4.90 Å². The number of likely N-dealkylation sites (tertiary alicyclic amines) is 1. The van der Waals surface area contributed by atoms with Crippen LogP contribution in [0.4, 0.5) is 18.0 Å². The zero-order valence-electron chi connectivity index (χ0n) is 15.2. The minimum Gasteiger partial charge on any atom is -0.338 e. The largest absolute Gasteiger partial charge is 0.401 e. The van der Waals surface area contributed by atoms with Crippen LogP contribution in [-0.2, 0) is 0 Å². The van der Waals surface area contributed by atoms with Gasteiger partial charge in [-0.15, -0.1) is 0 Å². The van der Waals surface area contributed by atoms with E-state index in [1.807, 2.05) is 0 Å². The number of amides is 2. The molecule has 8 heteroatoms. The first-order valence-electron chi connectivity index (χ1n) is 9.38. The highest BCUT2D eigenvalue weighted by Crippen LogP contribution is 2.18. The van der Waals surface area contributed by atoms with Crippen LogP contribution in [0.3, 0.4) is 0 Å². The van der Waals surface area contributed by atoms with Crippen LogP contribution >= 0.6 is 0 Å². The van der Waals surface area contributed by atoms with Crippen molar-refractivity contribution in [1.82, 2.24) is 20.0 Å². The van der Waals surface area contributed by atoms with Gasteiger partial charge in [-0.2, -0.15) is 13.2 Å². The highest BCUT2D eigenvalue weighted by Gasteiger charge is 2.31. The summed E-state index contributed by atoms with van der Waals surface area (Å²) in [5.74, 6) is 0.816. The molecule has 2 aliphatic rings. The van der Waals surface area contributed by atoms with Crippen LogP contribution in [0.1, 0.15) is 32.6 Å². The van der Waals surface area contributed by atoms with Gasteiger partial charge in [0.2, 0.25) is 0 Å². The number of piperidine rings is 1. The maximum absolute atomic E-state index is 12.5. The number of alkyl halides is 3. The van der Waals surface area contributed by atoms with E-state index in [9.17, 15) is 18.0 Å². The molecule has 146 valence electrons. The highest BCUT2D eigenvalue weighted by molar-refractivity contribution is 5.74. The number of nitrogens with zero attached hydrogens (tertiary/aromatic N) is 3. The second-order valence-corrected chi connectivity index (χ2v) is 7.34. The van der Waals surface area contributed by atoms with Gasteiger partial charge in [0.25, 0.3) is 0 Å². The van der Waals surface area contributed by atoms with Gasteiger partial charge in [-0.05, 0) is 51.2 Å². The van der Waals surface area contributed by atoms with Crippen molar-refractivity contribution in [2.75, 3.05) is 58.9 Å². The first kappa shape index (κ1) is 20.3. The summed E-state index contributed by atoms with van der Waals surface area (Å²) in [6.45, 7) is 6.81. The van der Waals surface area contributed by atoms with Crippen molar-refractivity contribution in [3.05, 3.63) is 0 Å². The van der Waals surface area contributed by atoms with Gasteiger partial charge >= 0.3 is 12.2 Å². The van der Waals surface area contributed by atoms with Crippen molar-refractivity contribution in [3.63, 3.8) is 0 Å². The molecule has 0 spiro atoms. The molecule has 1 N–H and O–H groups in total. The molecule has 0 aromatic rings. The van der Waals surface area contributed by atoms with Crippen LogP contribution in [0.25, 0.3) is 0 Å². The zero-order chi connectivity index (χ0) is 18.3. The lowest BCUT2D eigenvalue weighted by molar-refractivity contribution is -0.145. The number of rotatable bonds is 5. The fraction of sp³-hybridized carbons (Fsp3) is 0.941. The molecule has 2 heterocycles. The second-order valence-electron chi connectivity index (χ2n) is 7.34. The van der Waals surface area contributed by atoms with E-state index in [-0.39, 0.29) is 12.6 Å². The summed E-state index contributed by atoms with van der Waals surface area (Å²) in [5, 5.41) is 2.91. The quantitative estimate of drug-likeness (QED) is 0.762. The van der Waals surface area contributed by atoms with Crippen molar-refractivity contribution in [1.29, 1.82) is 0 Å². The normalized spacial score (nSPS) is 22.0. The van der Waals surface area contributed by atoms with Gasteiger partial charge in [-0.1, -0.05) is 6.92 Å². The second kappa shape index (κ2) is 9.62. The first-order valence-corrected chi connectivity index (χ1v) is 9.38. The lowest BCUT2D eigenvalue weighted by atomic mass is 9.99. The predicted octanol–water partition coefficient (Wildman–Crippen LogP) is 2.39. The maximum atomic E-state index is 12.5. The van der Waals surface area contributed by atoms with E-state index in [0.29, 0.717) is 32.6 Å². The summed E-state index contributed by atoms with van der Waals surface area (Å²) < 4.78 is 37.4. The molecular formula is C17H31F3N4O. The molecule has 25 heavy (non-hydrogen) atoms. The number of halogens is 3. The van der Waals surface area contributed by atoms with Crippen LogP contribution in [0, 0.1) is 5.92 Å². The Morgan fingerprint density at radius 3 is 2.44 bits per heavy atom. The van der Waals surface area contributed by atoms with Gasteiger partial charge in [0.15, 0.2) is 0 Å². The Bertz CT molecular complexity index is 411. The van der Waals surface area contributed by atoms with Crippen LogP contribution < -0.4 is 5.32 Å². The Hall–Kier alpha value is -1.02. The molecule has 0 saturated carbocycles. The fourth-order valence-electron chi connectivity index (χ4n) is 3.48. The first-order chi connectivity index (χ1) is 11.8. The molecule has 5 nitrogen and oxygen atoms in total. The molecule has 0 radical (unpaired) electrons. The maximum Gasteiger partial charge on any atom is 0.401 e. The highest BCUT2D eigenvalue weighted by atomic mass is 19.4. The summed E-state index contributed by atoms with van der Waals surface area (Å²) >= 11 is 0. The van der Waals surface area contributed by atoms with Gasteiger partial charge in [0.1, 0.15) is 0 Å². The van der Waals surface area contributed by atoms with Gasteiger partial charge in [0.05, 0.1) is 6.54 Å². The number of hydrogen-bond acceptors (Lipinski definition) is 3. The van der Waals surface area contributed by atoms with E-state index in [4.69, 9.17) is 0 Å². The topological polar surface area (TPSA) is 38.8 Å². The van der Waals surface area contributed by atoms with Crippen molar-refractivity contribution in [2.24, 2.45) is 5.92 Å². The molecular weight excluding hydrogens is 333 g/mol.